The van der Waals surface area contributed by atoms with Gasteiger partial charge in [-0.1, -0.05) is 0 Å². The van der Waals surface area contributed by atoms with Gasteiger partial charge in [-0.3, -0.25) is 0 Å². The summed E-state index contributed by atoms with van der Waals surface area (Å²) in [6, 6.07) is 6.88. The van der Waals surface area contributed by atoms with E-state index in [1.165, 1.54) is 0 Å². The Hall–Kier alpha value is -2.41. The number of aliphatic hydroxyl groups excluding tert-OH is 1. The van der Waals surface area contributed by atoms with Gasteiger partial charge in [-0.15, -0.1) is 10.2 Å². The number of aryl methyl sites for hydroxylation is 1. The van der Waals surface area contributed by atoms with Crippen LogP contribution in [0, 0.1) is 6.92 Å². The number of carbonyl (C=O) groups is 1. The molecule has 0 radical (unpaired) electrons. The normalized spacial score (nSPS) is 12.0. The number of nitrogens with one attached hydrogen (secondary N) is 2. The van der Waals surface area contributed by atoms with Gasteiger partial charge in [0.05, 0.1) is 0 Å². The molecule has 0 aliphatic carbocycles. The Labute approximate surface area is 128 Å². The van der Waals surface area contributed by atoms with Crippen LogP contribution in [0.25, 0.3) is 11.5 Å². The van der Waals surface area contributed by atoms with E-state index in [4.69, 9.17) is 9.52 Å². The summed E-state index contributed by atoms with van der Waals surface area (Å²) in [6.45, 7) is 3.76. The average molecular weight is 304 g/mol. The van der Waals surface area contributed by atoms with Crippen molar-refractivity contribution in [2.75, 3.05) is 11.9 Å². The molecule has 0 bridgehead atoms. The summed E-state index contributed by atoms with van der Waals surface area (Å²) in [5.41, 5.74) is 1.47. The van der Waals surface area contributed by atoms with Crippen LogP contribution in [-0.4, -0.2) is 34.0 Å². The number of amides is 2. The molecule has 3 N–H and O–H groups in total. The van der Waals surface area contributed by atoms with Crippen molar-refractivity contribution < 1.29 is 14.3 Å². The van der Waals surface area contributed by atoms with E-state index < -0.39 is 0 Å². The minimum atomic E-state index is -0.271. The minimum absolute atomic E-state index is 0.00721. The monoisotopic (exact) mass is 304 g/mol. The summed E-state index contributed by atoms with van der Waals surface area (Å²) in [7, 11) is 0. The second-order valence-electron chi connectivity index (χ2n) is 5.07. The Morgan fingerprint density at radius 2 is 2.05 bits per heavy atom. The molecule has 2 amide bonds. The van der Waals surface area contributed by atoms with Crippen LogP contribution in [0.3, 0.4) is 0 Å². The van der Waals surface area contributed by atoms with Crippen molar-refractivity contribution in [2.24, 2.45) is 0 Å². The number of carbonyl (C=O) groups excluding carboxylic acids is 1. The topological polar surface area (TPSA) is 100 Å². The number of nitrogens with zero attached hydrogens (tertiary/aromatic N) is 2. The van der Waals surface area contributed by atoms with Crippen LogP contribution in [0.2, 0.25) is 0 Å². The summed E-state index contributed by atoms with van der Waals surface area (Å²) < 4.78 is 5.34. The highest BCUT2D eigenvalue weighted by atomic mass is 16.4. The Bertz CT molecular complexity index is 610. The summed E-state index contributed by atoms with van der Waals surface area (Å²) in [5, 5.41) is 22.0. The maximum Gasteiger partial charge on any atom is 0.319 e. The van der Waals surface area contributed by atoms with Gasteiger partial charge in [-0.2, -0.15) is 0 Å². The van der Waals surface area contributed by atoms with E-state index >= 15 is 0 Å². The fourth-order valence-electron chi connectivity index (χ4n) is 1.97. The highest BCUT2D eigenvalue weighted by Crippen LogP contribution is 2.19. The van der Waals surface area contributed by atoms with Crippen LogP contribution in [-0.2, 0) is 0 Å². The first kappa shape index (κ1) is 16.0. The number of benzene rings is 1. The Kier molecular flexibility index (Phi) is 5.48. The lowest BCUT2D eigenvalue weighted by molar-refractivity contribution is 0.245. The Morgan fingerprint density at radius 3 is 2.64 bits per heavy atom. The van der Waals surface area contributed by atoms with E-state index in [1.54, 1.807) is 31.2 Å². The lowest BCUT2D eigenvalue weighted by Crippen LogP contribution is -2.36. The van der Waals surface area contributed by atoms with Crippen molar-refractivity contribution in [1.82, 2.24) is 15.5 Å². The standard InChI is InChI=1S/C15H20N4O3/c1-10(4-3-9-20)16-15(21)17-13-7-5-12(6-8-13)14-19-18-11(2)22-14/h5-8,10,20H,3-4,9H2,1-2H3,(H2,16,17,21). The summed E-state index contributed by atoms with van der Waals surface area (Å²) in [4.78, 5) is 11.8. The van der Waals surface area contributed by atoms with Crippen molar-refractivity contribution in [3.63, 3.8) is 0 Å². The number of hydrogen-bond acceptors (Lipinski definition) is 5. The predicted octanol–water partition coefficient (Wildman–Crippen LogP) is 2.33. The van der Waals surface area contributed by atoms with E-state index in [-0.39, 0.29) is 18.7 Å². The molecular formula is C15H20N4O3. The Balaban J connectivity index is 1.89. The van der Waals surface area contributed by atoms with Gasteiger partial charge in [0.15, 0.2) is 0 Å². The Morgan fingerprint density at radius 1 is 1.32 bits per heavy atom. The smallest absolute Gasteiger partial charge is 0.319 e. The van der Waals surface area contributed by atoms with Gasteiger partial charge < -0.3 is 20.2 Å². The van der Waals surface area contributed by atoms with Gasteiger partial charge in [0.25, 0.3) is 0 Å². The SMILES string of the molecule is Cc1nnc(-c2ccc(NC(=O)NC(C)CCCO)cc2)o1. The van der Waals surface area contributed by atoms with Crippen molar-refractivity contribution in [2.45, 2.75) is 32.7 Å². The molecule has 118 valence electrons. The lowest BCUT2D eigenvalue weighted by Gasteiger charge is -2.14. The van der Waals surface area contributed by atoms with Gasteiger partial charge in [0.1, 0.15) is 0 Å². The van der Waals surface area contributed by atoms with E-state index in [9.17, 15) is 4.79 Å². The predicted molar refractivity (Wildman–Crippen MR) is 82.4 cm³/mol. The molecule has 2 rings (SSSR count). The first-order valence-corrected chi connectivity index (χ1v) is 7.17. The number of aromatic nitrogens is 2. The molecular weight excluding hydrogens is 284 g/mol. The quantitative estimate of drug-likeness (QED) is 0.760. The van der Waals surface area contributed by atoms with E-state index in [0.29, 0.717) is 23.9 Å². The molecule has 0 spiro atoms. The zero-order chi connectivity index (χ0) is 15.9. The van der Waals surface area contributed by atoms with Crippen LogP contribution in [0.5, 0.6) is 0 Å². The fraction of sp³-hybridized carbons (Fsp3) is 0.400. The maximum atomic E-state index is 11.8. The van der Waals surface area contributed by atoms with Crippen molar-refractivity contribution >= 4 is 11.7 Å². The fourth-order valence-corrected chi connectivity index (χ4v) is 1.97. The van der Waals surface area contributed by atoms with Gasteiger partial charge in [-0.25, -0.2) is 4.79 Å². The number of urea groups is 1. The second-order valence-corrected chi connectivity index (χ2v) is 5.07. The highest BCUT2D eigenvalue weighted by Gasteiger charge is 2.08. The summed E-state index contributed by atoms with van der Waals surface area (Å²) in [6.07, 6.45) is 1.40. The van der Waals surface area contributed by atoms with Crippen LogP contribution >= 0.6 is 0 Å². The number of anilines is 1. The van der Waals surface area contributed by atoms with Gasteiger partial charge in [0, 0.05) is 30.8 Å². The molecule has 0 fully saturated rings. The van der Waals surface area contributed by atoms with Gasteiger partial charge >= 0.3 is 6.03 Å². The van der Waals surface area contributed by atoms with Crippen molar-refractivity contribution in [3.05, 3.63) is 30.2 Å². The van der Waals surface area contributed by atoms with Crippen molar-refractivity contribution in [1.29, 1.82) is 0 Å². The molecule has 1 unspecified atom stereocenters. The number of aliphatic hydroxyl groups is 1. The largest absolute Gasteiger partial charge is 0.421 e. The molecule has 7 heteroatoms. The van der Waals surface area contributed by atoms with E-state index in [2.05, 4.69) is 20.8 Å². The zero-order valence-electron chi connectivity index (χ0n) is 12.7. The molecule has 0 aliphatic heterocycles. The highest BCUT2D eigenvalue weighted by molar-refractivity contribution is 5.89. The molecule has 1 aromatic carbocycles. The summed E-state index contributed by atoms with van der Waals surface area (Å²) in [5.74, 6) is 0.958. The first-order valence-electron chi connectivity index (χ1n) is 7.17. The molecule has 0 saturated carbocycles. The third kappa shape index (κ3) is 4.56. The average Bonchev–Trinajstić information content (AvgIpc) is 2.92. The van der Waals surface area contributed by atoms with E-state index in [0.717, 1.165) is 12.0 Å². The maximum absolute atomic E-state index is 11.8. The van der Waals surface area contributed by atoms with Gasteiger partial charge in [-0.05, 0) is 44.0 Å². The van der Waals surface area contributed by atoms with Crippen LogP contribution < -0.4 is 10.6 Å². The molecule has 7 nitrogen and oxygen atoms in total. The molecule has 0 aliphatic rings. The number of hydrogen-bond donors (Lipinski definition) is 3. The van der Waals surface area contributed by atoms with Crippen LogP contribution in [0.1, 0.15) is 25.7 Å². The summed E-state index contributed by atoms with van der Waals surface area (Å²) >= 11 is 0. The third-order valence-corrected chi connectivity index (χ3v) is 3.09. The molecule has 1 atom stereocenters. The van der Waals surface area contributed by atoms with Crippen LogP contribution in [0.15, 0.2) is 28.7 Å². The molecule has 1 aromatic heterocycles. The molecule has 2 aromatic rings. The zero-order valence-corrected chi connectivity index (χ0v) is 12.7. The van der Waals surface area contributed by atoms with Gasteiger partial charge in [0.2, 0.25) is 11.8 Å². The van der Waals surface area contributed by atoms with Crippen LogP contribution in [0.4, 0.5) is 10.5 Å². The minimum Gasteiger partial charge on any atom is -0.421 e. The first-order chi connectivity index (χ1) is 10.6. The molecule has 1 heterocycles. The lowest BCUT2D eigenvalue weighted by atomic mass is 10.2. The number of rotatable bonds is 6. The second kappa shape index (κ2) is 7.56. The van der Waals surface area contributed by atoms with Crippen molar-refractivity contribution in [3.8, 4) is 11.5 Å². The molecule has 0 saturated heterocycles. The molecule has 22 heavy (non-hydrogen) atoms. The third-order valence-electron chi connectivity index (χ3n) is 3.09. The van der Waals surface area contributed by atoms with E-state index in [1.807, 2.05) is 6.92 Å².